The largest absolute Gasteiger partial charge is 0.379 e. The smallest absolute Gasteiger partial charge is 0.315 e. The second-order valence-electron chi connectivity index (χ2n) is 3.95. The Kier molecular flexibility index (Phi) is 4.73. The molecule has 1 fully saturated rings. The molecule has 0 spiro atoms. The zero-order valence-electron chi connectivity index (χ0n) is 9.01. The van der Waals surface area contributed by atoms with Gasteiger partial charge in [0.2, 0.25) is 0 Å². The molecule has 4 nitrogen and oxygen atoms in total. The lowest BCUT2D eigenvalue weighted by Gasteiger charge is -2.08. The number of ether oxygens (including phenoxy) is 1. The van der Waals surface area contributed by atoms with Crippen LogP contribution in [0.2, 0.25) is 0 Å². The fourth-order valence-electron chi connectivity index (χ4n) is 1.06. The number of urea groups is 1. The standard InChI is InChI=1S/C10H20N2O2/c1-8(2)14-7-3-6-11-10(13)12-9-4-5-9/h8-9H,3-7H2,1-2H3,(H2,11,12,13). The van der Waals surface area contributed by atoms with Gasteiger partial charge in [-0.3, -0.25) is 0 Å². The SMILES string of the molecule is CC(C)OCCCNC(=O)NC1CC1. The summed E-state index contributed by atoms with van der Waals surface area (Å²) in [5, 5.41) is 5.66. The van der Waals surface area contributed by atoms with Gasteiger partial charge in [-0.15, -0.1) is 0 Å². The number of rotatable bonds is 6. The predicted molar refractivity (Wildman–Crippen MR) is 55.3 cm³/mol. The fourth-order valence-corrected chi connectivity index (χ4v) is 1.06. The summed E-state index contributed by atoms with van der Waals surface area (Å²) in [6.07, 6.45) is 3.40. The van der Waals surface area contributed by atoms with Crippen LogP contribution in [0.3, 0.4) is 0 Å². The van der Waals surface area contributed by atoms with Crippen molar-refractivity contribution in [3.63, 3.8) is 0 Å². The van der Waals surface area contributed by atoms with Crippen molar-refractivity contribution < 1.29 is 9.53 Å². The van der Waals surface area contributed by atoms with Gasteiger partial charge >= 0.3 is 6.03 Å². The summed E-state index contributed by atoms with van der Waals surface area (Å²) in [4.78, 5) is 11.1. The van der Waals surface area contributed by atoms with Gasteiger partial charge < -0.3 is 15.4 Å². The first-order chi connectivity index (χ1) is 6.68. The zero-order chi connectivity index (χ0) is 10.4. The van der Waals surface area contributed by atoms with E-state index in [9.17, 15) is 4.79 Å². The summed E-state index contributed by atoms with van der Waals surface area (Å²) >= 11 is 0. The Bertz CT molecular complexity index is 179. The summed E-state index contributed by atoms with van der Waals surface area (Å²) in [5.41, 5.74) is 0. The predicted octanol–water partition coefficient (Wildman–Crippen LogP) is 1.26. The highest BCUT2D eigenvalue weighted by atomic mass is 16.5. The normalized spacial score (nSPS) is 15.6. The highest BCUT2D eigenvalue weighted by Crippen LogP contribution is 2.18. The van der Waals surface area contributed by atoms with E-state index in [-0.39, 0.29) is 12.1 Å². The van der Waals surface area contributed by atoms with Gasteiger partial charge in [0.25, 0.3) is 0 Å². The molecule has 1 aliphatic carbocycles. The molecule has 0 aliphatic heterocycles. The van der Waals surface area contributed by atoms with E-state index in [1.165, 1.54) is 0 Å². The van der Waals surface area contributed by atoms with Crippen LogP contribution in [0, 0.1) is 0 Å². The molecule has 0 aromatic carbocycles. The van der Waals surface area contributed by atoms with Crippen LogP contribution in [0.4, 0.5) is 4.79 Å². The van der Waals surface area contributed by atoms with E-state index in [0.717, 1.165) is 19.3 Å². The molecule has 0 bridgehead atoms. The van der Waals surface area contributed by atoms with Crippen LogP contribution in [-0.2, 0) is 4.74 Å². The number of hydrogen-bond acceptors (Lipinski definition) is 2. The van der Waals surface area contributed by atoms with Crippen LogP contribution >= 0.6 is 0 Å². The van der Waals surface area contributed by atoms with Gasteiger partial charge in [-0.2, -0.15) is 0 Å². The summed E-state index contributed by atoms with van der Waals surface area (Å²) in [7, 11) is 0. The van der Waals surface area contributed by atoms with Crippen molar-refractivity contribution in [3.8, 4) is 0 Å². The molecule has 0 radical (unpaired) electrons. The van der Waals surface area contributed by atoms with Crippen LogP contribution in [-0.4, -0.2) is 31.3 Å². The van der Waals surface area contributed by atoms with Gasteiger partial charge in [-0.25, -0.2) is 4.79 Å². The lowest BCUT2D eigenvalue weighted by molar-refractivity contribution is 0.0774. The van der Waals surface area contributed by atoms with E-state index in [1.807, 2.05) is 13.8 Å². The molecule has 0 atom stereocenters. The topological polar surface area (TPSA) is 50.4 Å². The van der Waals surface area contributed by atoms with E-state index in [4.69, 9.17) is 4.74 Å². The second kappa shape index (κ2) is 5.86. The lowest BCUT2D eigenvalue weighted by Crippen LogP contribution is -2.37. The fraction of sp³-hybridized carbons (Fsp3) is 0.900. The minimum Gasteiger partial charge on any atom is -0.379 e. The maximum Gasteiger partial charge on any atom is 0.315 e. The minimum absolute atomic E-state index is 0.0444. The van der Waals surface area contributed by atoms with Crippen molar-refractivity contribution in [3.05, 3.63) is 0 Å². The number of hydrogen-bond donors (Lipinski definition) is 2. The quantitative estimate of drug-likeness (QED) is 0.634. The van der Waals surface area contributed by atoms with Crippen LogP contribution < -0.4 is 10.6 Å². The molecular formula is C10H20N2O2. The monoisotopic (exact) mass is 200 g/mol. The molecule has 1 rings (SSSR count). The summed E-state index contributed by atoms with van der Waals surface area (Å²) in [6, 6.07) is 0.388. The third-order valence-electron chi connectivity index (χ3n) is 1.97. The van der Waals surface area contributed by atoms with Crippen molar-refractivity contribution in [1.29, 1.82) is 0 Å². The molecule has 4 heteroatoms. The Labute approximate surface area is 85.4 Å². The van der Waals surface area contributed by atoms with E-state index in [0.29, 0.717) is 19.2 Å². The molecule has 0 unspecified atom stereocenters. The molecule has 2 N–H and O–H groups in total. The summed E-state index contributed by atoms with van der Waals surface area (Å²) in [6.45, 7) is 5.41. The van der Waals surface area contributed by atoms with E-state index < -0.39 is 0 Å². The van der Waals surface area contributed by atoms with Crippen LogP contribution in [0.5, 0.6) is 0 Å². The number of amides is 2. The maximum atomic E-state index is 11.1. The maximum absolute atomic E-state index is 11.1. The molecule has 2 amide bonds. The van der Waals surface area contributed by atoms with Gasteiger partial charge in [0.1, 0.15) is 0 Å². The van der Waals surface area contributed by atoms with Crippen LogP contribution in [0.1, 0.15) is 33.1 Å². The minimum atomic E-state index is -0.0444. The molecule has 0 heterocycles. The second-order valence-corrected chi connectivity index (χ2v) is 3.95. The first kappa shape index (κ1) is 11.3. The third-order valence-corrected chi connectivity index (χ3v) is 1.97. The number of nitrogens with one attached hydrogen (secondary N) is 2. The highest BCUT2D eigenvalue weighted by Gasteiger charge is 2.22. The molecule has 0 aromatic heterocycles. The Morgan fingerprint density at radius 1 is 1.50 bits per heavy atom. The molecule has 14 heavy (non-hydrogen) atoms. The van der Waals surface area contributed by atoms with E-state index >= 15 is 0 Å². The molecular weight excluding hydrogens is 180 g/mol. The first-order valence-corrected chi connectivity index (χ1v) is 5.34. The van der Waals surface area contributed by atoms with Gasteiger partial charge in [-0.1, -0.05) is 0 Å². The average molecular weight is 200 g/mol. The number of carbonyl (C=O) groups is 1. The van der Waals surface area contributed by atoms with Crippen molar-refractivity contribution in [1.82, 2.24) is 10.6 Å². The molecule has 0 saturated heterocycles. The van der Waals surface area contributed by atoms with Gasteiger partial charge in [0.15, 0.2) is 0 Å². The zero-order valence-corrected chi connectivity index (χ0v) is 9.01. The van der Waals surface area contributed by atoms with Crippen LogP contribution in [0.25, 0.3) is 0 Å². The Morgan fingerprint density at radius 2 is 2.21 bits per heavy atom. The van der Waals surface area contributed by atoms with Crippen molar-refractivity contribution in [2.24, 2.45) is 0 Å². The number of carbonyl (C=O) groups excluding carboxylic acids is 1. The van der Waals surface area contributed by atoms with Crippen molar-refractivity contribution in [2.75, 3.05) is 13.2 Å². The highest BCUT2D eigenvalue weighted by molar-refractivity contribution is 5.74. The van der Waals surface area contributed by atoms with Gasteiger partial charge in [0, 0.05) is 19.2 Å². The molecule has 0 aromatic rings. The van der Waals surface area contributed by atoms with Gasteiger partial charge in [-0.05, 0) is 33.1 Å². The lowest BCUT2D eigenvalue weighted by atomic mass is 10.4. The summed E-state index contributed by atoms with van der Waals surface area (Å²) < 4.78 is 5.35. The summed E-state index contributed by atoms with van der Waals surface area (Å²) in [5.74, 6) is 0. The van der Waals surface area contributed by atoms with Crippen molar-refractivity contribution in [2.45, 2.75) is 45.3 Å². The van der Waals surface area contributed by atoms with Gasteiger partial charge in [0.05, 0.1) is 6.10 Å². The average Bonchev–Trinajstić information content (AvgIpc) is 2.87. The Morgan fingerprint density at radius 3 is 2.79 bits per heavy atom. The van der Waals surface area contributed by atoms with Crippen LogP contribution in [0.15, 0.2) is 0 Å². The Hall–Kier alpha value is -0.770. The molecule has 1 saturated carbocycles. The third kappa shape index (κ3) is 5.80. The Balaban J connectivity index is 1.84. The first-order valence-electron chi connectivity index (χ1n) is 5.34. The van der Waals surface area contributed by atoms with Crippen molar-refractivity contribution >= 4 is 6.03 Å². The molecule has 1 aliphatic rings. The van der Waals surface area contributed by atoms with E-state index in [2.05, 4.69) is 10.6 Å². The van der Waals surface area contributed by atoms with E-state index in [1.54, 1.807) is 0 Å². The molecule has 82 valence electrons.